The first-order chi connectivity index (χ1) is 6.25. The maximum Gasteiger partial charge on any atom is 0.0805 e. The Hall–Kier alpha value is -1.00. The zero-order valence-electron chi connectivity index (χ0n) is 8.24. The third kappa shape index (κ3) is 2.75. The summed E-state index contributed by atoms with van der Waals surface area (Å²) in [5.74, 6) is 0. The molecule has 1 atom stereocenters. The van der Waals surface area contributed by atoms with Gasteiger partial charge in [0.05, 0.1) is 24.0 Å². The van der Waals surface area contributed by atoms with Crippen molar-refractivity contribution in [1.82, 2.24) is 15.4 Å². The molecule has 0 spiro atoms. The van der Waals surface area contributed by atoms with E-state index in [2.05, 4.69) is 15.4 Å². The minimum absolute atomic E-state index is 0.0775. The van der Waals surface area contributed by atoms with Crippen molar-refractivity contribution in [1.29, 1.82) is 0 Å². The average Bonchev–Trinajstić information content (AvgIpc) is 2.15. The molecule has 0 amide bonds. The Kier molecular flexibility index (Phi) is 3.79. The Bertz CT molecular complexity index is 265. The first kappa shape index (κ1) is 10.1. The molecule has 0 fully saturated rings. The summed E-state index contributed by atoms with van der Waals surface area (Å²) in [4.78, 5) is 13.5. The van der Waals surface area contributed by atoms with Gasteiger partial charge in [0.25, 0.3) is 0 Å². The fourth-order valence-corrected chi connectivity index (χ4v) is 1.11. The number of aromatic nitrogens is 2. The van der Waals surface area contributed by atoms with Crippen LogP contribution in [-0.4, -0.2) is 16.6 Å². The van der Waals surface area contributed by atoms with Crippen LogP contribution in [0.4, 0.5) is 0 Å². The van der Waals surface area contributed by atoms with Crippen LogP contribution in [-0.2, 0) is 4.84 Å². The highest BCUT2D eigenvalue weighted by atomic mass is 16.6. The first-order valence-electron chi connectivity index (χ1n) is 4.40. The number of nitrogens with zero attached hydrogens (tertiary/aromatic N) is 2. The van der Waals surface area contributed by atoms with Crippen molar-refractivity contribution in [2.24, 2.45) is 0 Å². The summed E-state index contributed by atoms with van der Waals surface area (Å²) in [6, 6.07) is 0.0775. The van der Waals surface area contributed by atoms with Gasteiger partial charge in [0.15, 0.2) is 0 Å². The molecule has 1 aromatic heterocycles. The zero-order valence-corrected chi connectivity index (χ0v) is 8.24. The van der Waals surface area contributed by atoms with Gasteiger partial charge in [-0.25, -0.2) is 0 Å². The second-order valence-electron chi connectivity index (χ2n) is 2.80. The molecule has 4 nitrogen and oxygen atoms in total. The number of aryl methyl sites for hydroxylation is 1. The summed E-state index contributed by atoms with van der Waals surface area (Å²) < 4.78 is 0. The maximum absolute atomic E-state index is 5.09. The van der Waals surface area contributed by atoms with Crippen LogP contribution in [0.25, 0.3) is 0 Å². The summed E-state index contributed by atoms with van der Waals surface area (Å²) in [5, 5.41) is 0. The number of hydrogen-bond donors (Lipinski definition) is 1. The smallest absolute Gasteiger partial charge is 0.0805 e. The Labute approximate surface area is 78.3 Å². The predicted molar refractivity (Wildman–Crippen MR) is 49.9 cm³/mol. The molecule has 0 saturated carbocycles. The number of rotatable bonds is 4. The van der Waals surface area contributed by atoms with Crippen molar-refractivity contribution in [2.75, 3.05) is 6.61 Å². The highest BCUT2D eigenvalue weighted by Crippen LogP contribution is 2.10. The molecule has 72 valence electrons. The van der Waals surface area contributed by atoms with Gasteiger partial charge in [-0.2, -0.15) is 5.48 Å². The molecular formula is C9H15N3O. The lowest BCUT2D eigenvalue weighted by atomic mass is 10.2. The third-order valence-corrected chi connectivity index (χ3v) is 1.73. The molecule has 13 heavy (non-hydrogen) atoms. The first-order valence-corrected chi connectivity index (χ1v) is 4.40. The summed E-state index contributed by atoms with van der Waals surface area (Å²) in [6.45, 7) is 6.51. The molecule has 0 aliphatic rings. The summed E-state index contributed by atoms with van der Waals surface area (Å²) >= 11 is 0. The van der Waals surface area contributed by atoms with Crippen molar-refractivity contribution in [3.63, 3.8) is 0 Å². The molecule has 1 N–H and O–H groups in total. The van der Waals surface area contributed by atoms with E-state index in [0.717, 1.165) is 11.4 Å². The Morgan fingerprint density at radius 1 is 1.46 bits per heavy atom. The number of hydroxylamine groups is 1. The highest BCUT2D eigenvalue weighted by Gasteiger charge is 2.09. The Balaban J connectivity index is 2.65. The van der Waals surface area contributed by atoms with Gasteiger partial charge in [-0.15, -0.1) is 0 Å². The van der Waals surface area contributed by atoms with Gasteiger partial charge in [-0.3, -0.25) is 9.97 Å². The minimum Gasteiger partial charge on any atom is -0.301 e. The second-order valence-corrected chi connectivity index (χ2v) is 2.80. The van der Waals surface area contributed by atoms with Crippen molar-refractivity contribution in [3.05, 3.63) is 23.8 Å². The number of hydrogen-bond acceptors (Lipinski definition) is 4. The van der Waals surface area contributed by atoms with Gasteiger partial charge in [-0.05, 0) is 20.8 Å². The van der Waals surface area contributed by atoms with Crippen molar-refractivity contribution >= 4 is 0 Å². The normalized spacial score (nSPS) is 12.8. The van der Waals surface area contributed by atoms with Crippen LogP contribution >= 0.6 is 0 Å². The van der Waals surface area contributed by atoms with E-state index in [0.29, 0.717) is 6.61 Å². The molecule has 0 aromatic carbocycles. The van der Waals surface area contributed by atoms with Crippen LogP contribution in [0.15, 0.2) is 12.4 Å². The van der Waals surface area contributed by atoms with E-state index >= 15 is 0 Å². The topological polar surface area (TPSA) is 47.0 Å². The predicted octanol–water partition coefficient (Wildman–Crippen LogP) is 1.39. The average molecular weight is 181 g/mol. The largest absolute Gasteiger partial charge is 0.301 e. The van der Waals surface area contributed by atoms with Gasteiger partial charge in [0, 0.05) is 12.4 Å². The van der Waals surface area contributed by atoms with E-state index in [1.807, 2.05) is 20.8 Å². The van der Waals surface area contributed by atoms with Crippen LogP contribution < -0.4 is 5.48 Å². The van der Waals surface area contributed by atoms with Crippen LogP contribution in [0.2, 0.25) is 0 Å². The van der Waals surface area contributed by atoms with Gasteiger partial charge >= 0.3 is 0 Å². The highest BCUT2D eigenvalue weighted by molar-refractivity contribution is 5.11. The van der Waals surface area contributed by atoms with E-state index in [1.54, 1.807) is 12.4 Å². The number of nitrogens with one attached hydrogen (secondary N) is 1. The van der Waals surface area contributed by atoms with E-state index in [-0.39, 0.29) is 6.04 Å². The van der Waals surface area contributed by atoms with E-state index < -0.39 is 0 Å². The molecule has 1 unspecified atom stereocenters. The molecule has 0 aliphatic carbocycles. The summed E-state index contributed by atoms with van der Waals surface area (Å²) in [6.07, 6.45) is 3.37. The fraction of sp³-hybridized carbons (Fsp3) is 0.556. The van der Waals surface area contributed by atoms with Gasteiger partial charge < -0.3 is 4.84 Å². The monoisotopic (exact) mass is 181 g/mol. The molecule has 0 saturated heterocycles. The molecule has 1 aromatic rings. The minimum atomic E-state index is 0.0775. The van der Waals surface area contributed by atoms with Gasteiger partial charge in [0.1, 0.15) is 0 Å². The summed E-state index contributed by atoms with van der Waals surface area (Å²) in [7, 11) is 0. The lowest BCUT2D eigenvalue weighted by Gasteiger charge is -2.13. The SMILES string of the molecule is CCONC(C)c1nccnc1C. The molecule has 1 heterocycles. The van der Waals surface area contributed by atoms with Crippen molar-refractivity contribution < 1.29 is 4.84 Å². The Morgan fingerprint density at radius 2 is 2.15 bits per heavy atom. The quantitative estimate of drug-likeness (QED) is 0.713. The lowest BCUT2D eigenvalue weighted by molar-refractivity contribution is 0.0273. The van der Waals surface area contributed by atoms with E-state index in [1.165, 1.54) is 0 Å². The summed E-state index contributed by atoms with van der Waals surface area (Å²) in [5.41, 5.74) is 4.75. The van der Waals surface area contributed by atoms with Crippen LogP contribution in [0.3, 0.4) is 0 Å². The zero-order chi connectivity index (χ0) is 9.68. The third-order valence-electron chi connectivity index (χ3n) is 1.73. The maximum atomic E-state index is 5.09. The van der Waals surface area contributed by atoms with E-state index in [9.17, 15) is 0 Å². The molecule has 0 bridgehead atoms. The molecule has 0 radical (unpaired) electrons. The van der Waals surface area contributed by atoms with Crippen LogP contribution in [0.5, 0.6) is 0 Å². The van der Waals surface area contributed by atoms with Crippen LogP contribution in [0, 0.1) is 6.92 Å². The van der Waals surface area contributed by atoms with Crippen LogP contribution in [0.1, 0.15) is 31.3 Å². The van der Waals surface area contributed by atoms with E-state index in [4.69, 9.17) is 4.84 Å². The van der Waals surface area contributed by atoms with Gasteiger partial charge in [0.2, 0.25) is 0 Å². The lowest BCUT2D eigenvalue weighted by Crippen LogP contribution is -2.21. The molecular weight excluding hydrogens is 166 g/mol. The molecule has 1 rings (SSSR count). The second kappa shape index (κ2) is 4.89. The van der Waals surface area contributed by atoms with Crippen molar-refractivity contribution in [3.8, 4) is 0 Å². The standard InChI is InChI=1S/C9H15N3O/c1-4-13-12-8(3)9-7(2)10-5-6-11-9/h5-6,8,12H,4H2,1-3H3. The van der Waals surface area contributed by atoms with Gasteiger partial charge in [-0.1, -0.05) is 0 Å². The van der Waals surface area contributed by atoms with Crippen molar-refractivity contribution in [2.45, 2.75) is 26.8 Å². The molecule has 4 heteroatoms. The molecule has 0 aliphatic heterocycles. The Morgan fingerprint density at radius 3 is 2.77 bits per heavy atom. The fourth-order valence-electron chi connectivity index (χ4n) is 1.11.